The Hall–Kier alpha value is -3.92. The molecule has 1 saturated heterocycles. The first kappa shape index (κ1) is 23.8. The standard InChI is InChI=1S/C26H29FN6O3/c1-16-28-23-19(30(16)2)11-10-18(25(23)32-14-5-6-15-32)29-26(35)20-12-13-22(34)33(31(20)3)24-17(27)8-7-9-21(24)36-4/h7-13,20H,5-6,14-15H2,1-4H3,(H,29,35). The van der Waals surface area contributed by atoms with Crippen molar-refractivity contribution in [3.05, 3.63) is 54.1 Å². The smallest absolute Gasteiger partial charge is 0.265 e. The molecule has 0 aliphatic carbocycles. The van der Waals surface area contributed by atoms with Crippen molar-refractivity contribution in [3.8, 4) is 5.75 Å². The first-order valence-corrected chi connectivity index (χ1v) is 11.9. The van der Waals surface area contributed by atoms with E-state index in [4.69, 9.17) is 9.72 Å². The summed E-state index contributed by atoms with van der Waals surface area (Å²) in [6.45, 7) is 3.72. The topological polar surface area (TPSA) is 82.9 Å². The van der Waals surface area contributed by atoms with E-state index in [9.17, 15) is 14.0 Å². The van der Waals surface area contributed by atoms with Crippen molar-refractivity contribution >= 4 is 39.9 Å². The van der Waals surface area contributed by atoms with Gasteiger partial charge in [-0.1, -0.05) is 12.1 Å². The van der Waals surface area contributed by atoms with Crippen LogP contribution in [0, 0.1) is 12.7 Å². The molecule has 1 aromatic heterocycles. The molecule has 1 unspecified atom stereocenters. The minimum atomic E-state index is -0.861. The maximum Gasteiger partial charge on any atom is 0.265 e. The van der Waals surface area contributed by atoms with E-state index in [1.54, 1.807) is 13.1 Å². The number of para-hydroxylation sites is 1. The Bertz CT molecular complexity index is 1380. The number of hydrogen-bond acceptors (Lipinski definition) is 6. The van der Waals surface area contributed by atoms with E-state index >= 15 is 0 Å². The van der Waals surface area contributed by atoms with Gasteiger partial charge >= 0.3 is 0 Å². The third-order valence-electron chi connectivity index (χ3n) is 6.93. The van der Waals surface area contributed by atoms with Crippen LogP contribution in [0.4, 0.5) is 21.5 Å². The predicted molar refractivity (Wildman–Crippen MR) is 137 cm³/mol. The zero-order valence-electron chi connectivity index (χ0n) is 20.8. The van der Waals surface area contributed by atoms with E-state index in [-0.39, 0.29) is 17.3 Å². The number of likely N-dealkylation sites (N-methyl/N-ethyl adjacent to an activating group) is 1. The Morgan fingerprint density at radius 3 is 2.61 bits per heavy atom. The molecule has 3 aromatic rings. The summed E-state index contributed by atoms with van der Waals surface area (Å²) in [6.07, 6.45) is 4.94. The summed E-state index contributed by atoms with van der Waals surface area (Å²) in [5.74, 6) is -0.382. The summed E-state index contributed by atoms with van der Waals surface area (Å²) >= 11 is 0. The van der Waals surface area contributed by atoms with Crippen LogP contribution in [0.25, 0.3) is 11.0 Å². The molecule has 2 aliphatic heterocycles. The van der Waals surface area contributed by atoms with Crippen molar-refractivity contribution in [3.63, 3.8) is 0 Å². The zero-order chi connectivity index (χ0) is 25.6. The van der Waals surface area contributed by atoms with E-state index in [0.717, 1.165) is 53.5 Å². The number of imidazole rings is 1. The van der Waals surface area contributed by atoms with Crippen LogP contribution in [0.3, 0.4) is 0 Å². The number of hydrazine groups is 1. The first-order chi connectivity index (χ1) is 17.3. The highest BCUT2D eigenvalue weighted by Gasteiger charge is 2.36. The molecule has 0 spiro atoms. The Labute approximate surface area is 208 Å². The number of amides is 2. The molecule has 188 valence electrons. The van der Waals surface area contributed by atoms with Gasteiger partial charge in [0.1, 0.15) is 28.8 Å². The SMILES string of the molecule is COc1cccc(F)c1N1C(=O)C=CC(C(=O)Nc2ccc3c(nc(C)n3C)c2N2CCCC2)N1C. The van der Waals surface area contributed by atoms with Crippen LogP contribution in [-0.4, -0.2) is 59.7 Å². The van der Waals surface area contributed by atoms with E-state index in [1.165, 1.54) is 36.4 Å². The van der Waals surface area contributed by atoms with Gasteiger partial charge in [0.25, 0.3) is 5.91 Å². The van der Waals surface area contributed by atoms with Crippen molar-refractivity contribution in [1.29, 1.82) is 0 Å². The lowest BCUT2D eigenvalue weighted by Gasteiger charge is -2.38. The molecule has 2 amide bonds. The van der Waals surface area contributed by atoms with Crippen molar-refractivity contribution in [2.75, 3.05) is 42.5 Å². The van der Waals surface area contributed by atoms with Crippen molar-refractivity contribution in [1.82, 2.24) is 14.6 Å². The molecular formula is C26H29FN6O3. The number of halogens is 1. The number of nitrogens with one attached hydrogen (secondary N) is 1. The van der Waals surface area contributed by atoms with Crippen molar-refractivity contribution in [2.45, 2.75) is 25.8 Å². The molecule has 0 saturated carbocycles. The van der Waals surface area contributed by atoms with Crippen molar-refractivity contribution in [2.24, 2.45) is 7.05 Å². The molecule has 10 heteroatoms. The summed E-state index contributed by atoms with van der Waals surface area (Å²) < 4.78 is 22.1. The van der Waals surface area contributed by atoms with Gasteiger partial charge in [0.2, 0.25) is 5.91 Å². The van der Waals surface area contributed by atoms with Crippen LogP contribution in [0.1, 0.15) is 18.7 Å². The third-order valence-corrected chi connectivity index (χ3v) is 6.93. The Morgan fingerprint density at radius 1 is 1.14 bits per heavy atom. The first-order valence-electron chi connectivity index (χ1n) is 11.9. The Kier molecular flexibility index (Phi) is 6.13. The second kappa shape index (κ2) is 9.27. The second-order valence-corrected chi connectivity index (χ2v) is 9.05. The van der Waals surface area contributed by atoms with Gasteiger partial charge in [-0.15, -0.1) is 0 Å². The highest BCUT2D eigenvalue weighted by atomic mass is 19.1. The van der Waals surface area contributed by atoms with Crippen LogP contribution in [0.15, 0.2) is 42.5 Å². The highest BCUT2D eigenvalue weighted by Crippen LogP contribution is 2.37. The van der Waals surface area contributed by atoms with Crippen LogP contribution in [0.5, 0.6) is 5.75 Å². The molecule has 2 aromatic carbocycles. The van der Waals surface area contributed by atoms with E-state index in [1.807, 2.05) is 30.7 Å². The lowest BCUT2D eigenvalue weighted by Crippen LogP contribution is -2.55. The van der Waals surface area contributed by atoms with Gasteiger partial charge in [0.15, 0.2) is 5.82 Å². The number of methoxy groups -OCH3 is 1. The molecule has 5 rings (SSSR count). The number of ether oxygens (including phenoxy) is 1. The van der Waals surface area contributed by atoms with Crippen LogP contribution in [-0.2, 0) is 16.6 Å². The number of aryl methyl sites for hydroxylation is 2. The fraction of sp³-hybridized carbons (Fsp3) is 0.346. The van der Waals surface area contributed by atoms with Gasteiger partial charge < -0.3 is 19.5 Å². The van der Waals surface area contributed by atoms with E-state index < -0.39 is 17.8 Å². The number of rotatable bonds is 5. The van der Waals surface area contributed by atoms with Crippen molar-refractivity contribution < 1.29 is 18.7 Å². The Balaban J connectivity index is 1.50. The third kappa shape index (κ3) is 3.87. The number of hydrogen-bond donors (Lipinski definition) is 1. The minimum Gasteiger partial charge on any atom is -0.494 e. The number of nitrogens with zero attached hydrogens (tertiary/aromatic N) is 5. The maximum atomic E-state index is 14.8. The predicted octanol–water partition coefficient (Wildman–Crippen LogP) is 3.39. The normalized spacial score (nSPS) is 18.4. The van der Waals surface area contributed by atoms with Gasteiger partial charge in [-0.2, -0.15) is 0 Å². The molecule has 0 radical (unpaired) electrons. The monoisotopic (exact) mass is 492 g/mol. The number of anilines is 3. The van der Waals surface area contributed by atoms with Crippen LogP contribution >= 0.6 is 0 Å². The van der Waals surface area contributed by atoms with E-state index in [0.29, 0.717) is 5.69 Å². The average Bonchev–Trinajstić information content (AvgIpc) is 3.48. The lowest BCUT2D eigenvalue weighted by atomic mass is 10.1. The number of carbonyl (C=O) groups excluding carboxylic acids is 2. The number of fused-ring (bicyclic) bond motifs is 1. The van der Waals surface area contributed by atoms with Gasteiger partial charge in [-0.3, -0.25) is 9.59 Å². The lowest BCUT2D eigenvalue weighted by molar-refractivity contribution is -0.123. The van der Waals surface area contributed by atoms with Gasteiger partial charge in [-0.05, 0) is 44.0 Å². The molecular weight excluding hydrogens is 463 g/mol. The summed E-state index contributed by atoms with van der Waals surface area (Å²) in [5, 5.41) is 5.60. The number of benzene rings is 2. The Morgan fingerprint density at radius 2 is 1.89 bits per heavy atom. The molecule has 1 atom stereocenters. The summed E-state index contributed by atoms with van der Waals surface area (Å²) in [5.41, 5.74) is 3.34. The van der Waals surface area contributed by atoms with Gasteiger partial charge in [0.05, 0.1) is 24.0 Å². The minimum absolute atomic E-state index is 0.0437. The number of aromatic nitrogens is 2. The van der Waals surface area contributed by atoms with Crippen LogP contribution < -0.4 is 20.0 Å². The van der Waals surface area contributed by atoms with Crippen LogP contribution in [0.2, 0.25) is 0 Å². The second-order valence-electron chi connectivity index (χ2n) is 9.05. The quantitative estimate of drug-likeness (QED) is 0.588. The van der Waals surface area contributed by atoms with E-state index in [2.05, 4.69) is 10.2 Å². The summed E-state index contributed by atoms with van der Waals surface area (Å²) in [6, 6.07) is 7.30. The fourth-order valence-electron chi connectivity index (χ4n) is 4.97. The molecule has 2 aliphatic rings. The average molecular weight is 493 g/mol. The number of carbonyl (C=O) groups is 2. The molecule has 36 heavy (non-hydrogen) atoms. The molecule has 1 N–H and O–H groups in total. The molecule has 3 heterocycles. The van der Waals surface area contributed by atoms with Gasteiger partial charge in [-0.25, -0.2) is 19.4 Å². The maximum absolute atomic E-state index is 14.8. The summed E-state index contributed by atoms with van der Waals surface area (Å²) in [7, 11) is 4.95. The fourth-order valence-corrected chi connectivity index (χ4v) is 4.97. The summed E-state index contributed by atoms with van der Waals surface area (Å²) in [4.78, 5) is 33.4. The largest absolute Gasteiger partial charge is 0.494 e. The molecule has 9 nitrogen and oxygen atoms in total. The molecule has 0 bridgehead atoms. The highest BCUT2D eigenvalue weighted by molar-refractivity contribution is 6.08. The zero-order valence-corrected chi connectivity index (χ0v) is 20.8. The molecule has 1 fully saturated rings. The van der Waals surface area contributed by atoms with Gasteiger partial charge in [0, 0.05) is 33.3 Å².